The Balaban J connectivity index is 2.13. The maximum absolute atomic E-state index is 13.0. The van der Waals surface area contributed by atoms with Crippen LogP contribution in [0.1, 0.15) is 30.4 Å². The summed E-state index contributed by atoms with van der Waals surface area (Å²) in [5.41, 5.74) is 2.85. The lowest BCUT2D eigenvalue weighted by molar-refractivity contribution is -0.141. The zero-order valence-electron chi connectivity index (χ0n) is 17.0. The molecule has 0 saturated carbocycles. The second-order valence-corrected chi connectivity index (χ2v) is 10.2. The molecule has 0 radical (unpaired) electrons. The largest absolute Gasteiger partial charge is 0.468 e. The molecule has 1 aliphatic heterocycles. The van der Waals surface area contributed by atoms with Crippen LogP contribution in [0.2, 0.25) is 0 Å². The van der Waals surface area contributed by atoms with E-state index < -0.39 is 27.9 Å². The fraction of sp³-hybridized carbons (Fsp3) is 0.526. The third kappa shape index (κ3) is 4.59. The SMILES string of the molecule is COC(=O)Cn1c(=NC(=O)C2CCCCN2S(C)(=O)=O)sc2c(C)cc(C)cc21. The number of carbonyl (C=O) groups excluding carboxylic acids is 2. The summed E-state index contributed by atoms with van der Waals surface area (Å²) < 4.78 is 32.8. The molecule has 1 unspecified atom stereocenters. The van der Waals surface area contributed by atoms with Crippen molar-refractivity contribution in [1.29, 1.82) is 0 Å². The molecule has 3 rings (SSSR count). The second-order valence-electron chi connectivity index (χ2n) is 7.31. The van der Waals surface area contributed by atoms with Crippen molar-refractivity contribution in [3.8, 4) is 0 Å². The molecule has 0 N–H and O–H groups in total. The standard InChI is InChI=1S/C19H25N3O5S2/c1-12-9-13(2)17-15(10-12)21(11-16(23)27-3)19(28-17)20-18(24)14-7-5-6-8-22(14)29(4,25)26/h9-10,14H,5-8,11H2,1-4H3. The van der Waals surface area contributed by atoms with Gasteiger partial charge < -0.3 is 9.30 Å². The van der Waals surface area contributed by atoms with Crippen LogP contribution in [0.4, 0.5) is 0 Å². The summed E-state index contributed by atoms with van der Waals surface area (Å²) in [6.45, 7) is 4.16. The molecule has 1 fully saturated rings. The summed E-state index contributed by atoms with van der Waals surface area (Å²) in [5, 5.41) is 0. The lowest BCUT2D eigenvalue weighted by atomic mass is 10.0. The van der Waals surface area contributed by atoms with Crippen molar-refractivity contribution >= 4 is 43.5 Å². The van der Waals surface area contributed by atoms with Gasteiger partial charge >= 0.3 is 5.97 Å². The second kappa shape index (κ2) is 8.37. The molecule has 1 aromatic carbocycles. The third-order valence-corrected chi connectivity index (χ3v) is 7.52. The summed E-state index contributed by atoms with van der Waals surface area (Å²) in [5.74, 6) is -0.956. The Morgan fingerprint density at radius 3 is 2.66 bits per heavy atom. The fourth-order valence-corrected chi connectivity index (χ4v) is 5.87. The van der Waals surface area contributed by atoms with E-state index in [1.165, 1.54) is 22.8 Å². The van der Waals surface area contributed by atoms with E-state index in [0.29, 0.717) is 17.8 Å². The maximum Gasteiger partial charge on any atom is 0.325 e. The van der Waals surface area contributed by atoms with Crippen molar-refractivity contribution in [2.24, 2.45) is 4.99 Å². The van der Waals surface area contributed by atoms with Crippen molar-refractivity contribution in [2.45, 2.75) is 45.7 Å². The number of methoxy groups -OCH3 is 1. The summed E-state index contributed by atoms with van der Waals surface area (Å²) in [6.07, 6.45) is 3.04. The summed E-state index contributed by atoms with van der Waals surface area (Å²) in [6, 6.07) is 3.16. The third-order valence-electron chi connectivity index (χ3n) is 5.00. The average Bonchev–Trinajstić information content (AvgIpc) is 2.98. The first kappa shape index (κ1) is 21.7. The summed E-state index contributed by atoms with van der Waals surface area (Å²) >= 11 is 1.31. The molecule has 0 bridgehead atoms. The number of amides is 1. The summed E-state index contributed by atoms with van der Waals surface area (Å²) in [7, 11) is -2.20. The number of aromatic nitrogens is 1. The Kier molecular flexibility index (Phi) is 6.25. The lowest BCUT2D eigenvalue weighted by Crippen LogP contribution is -2.47. The van der Waals surface area contributed by atoms with E-state index >= 15 is 0 Å². The van der Waals surface area contributed by atoms with E-state index in [4.69, 9.17) is 4.74 Å². The summed E-state index contributed by atoms with van der Waals surface area (Å²) in [4.78, 5) is 29.6. The van der Waals surface area contributed by atoms with Crippen LogP contribution in [0, 0.1) is 13.8 Å². The Hall–Kier alpha value is -2.04. The molecule has 1 amide bonds. The number of hydrogen-bond donors (Lipinski definition) is 0. The van der Waals surface area contributed by atoms with Gasteiger partial charge in [0, 0.05) is 6.54 Å². The minimum atomic E-state index is -3.51. The highest BCUT2D eigenvalue weighted by Crippen LogP contribution is 2.24. The molecule has 0 spiro atoms. The van der Waals surface area contributed by atoms with Crippen LogP contribution in [-0.4, -0.2) is 55.1 Å². The number of thiazole rings is 1. The first-order valence-electron chi connectivity index (χ1n) is 9.34. The average molecular weight is 440 g/mol. The molecule has 1 saturated heterocycles. The van der Waals surface area contributed by atoms with Gasteiger partial charge in [-0.2, -0.15) is 9.30 Å². The number of piperidine rings is 1. The van der Waals surface area contributed by atoms with Crippen molar-refractivity contribution in [3.05, 3.63) is 28.1 Å². The quantitative estimate of drug-likeness (QED) is 0.676. The van der Waals surface area contributed by atoms with Gasteiger partial charge in [-0.05, 0) is 43.9 Å². The van der Waals surface area contributed by atoms with Gasteiger partial charge in [-0.15, -0.1) is 0 Å². The van der Waals surface area contributed by atoms with Crippen LogP contribution < -0.4 is 4.80 Å². The van der Waals surface area contributed by atoms with Crippen molar-refractivity contribution in [3.63, 3.8) is 0 Å². The van der Waals surface area contributed by atoms with Crippen LogP contribution in [0.5, 0.6) is 0 Å². The van der Waals surface area contributed by atoms with Crippen LogP contribution in [0.3, 0.4) is 0 Å². The number of rotatable bonds is 4. The lowest BCUT2D eigenvalue weighted by Gasteiger charge is -2.31. The number of ether oxygens (including phenoxy) is 1. The Morgan fingerprint density at radius 2 is 2.00 bits per heavy atom. The molecule has 158 valence electrons. The Morgan fingerprint density at radius 1 is 1.28 bits per heavy atom. The van der Waals surface area contributed by atoms with Gasteiger partial charge in [-0.25, -0.2) is 8.42 Å². The van der Waals surface area contributed by atoms with Gasteiger partial charge in [0.15, 0.2) is 4.80 Å². The van der Waals surface area contributed by atoms with Crippen LogP contribution >= 0.6 is 11.3 Å². The number of nitrogens with zero attached hydrogens (tertiary/aromatic N) is 3. The maximum atomic E-state index is 13.0. The molecule has 0 aliphatic carbocycles. The molecule has 1 aromatic heterocycles. The number of sulfonamides is 1. The molecular formula is C19H25N3O5S2. The van der Waals surface area contributed by atoms with Gasteiger partial charge in [0.25, 0.3) is 5.91 Å². The van der Waals surface area contributed by atoms with Gasteiger partial charge in [0.2, 0.25) is 10.0 Å². The number of benzene rings is 1. The number of fused-ring (bicyclic) bond motifs is 1. The Bertz CT molecular complexity index is 1130. The fourth-order valence-electron chi connectivity index (χ4n) is 3.66. The highest BCUT2D eigenvalue weighted by Gasteiger charge is 2.34. The van der Waals surface area contributed by atoms with Crippen LogP contribution in [0.25, 0.3) is 10.2 Å². The minimum absolute atomic E-state index is 0.0774. The smallest absolute Gasteiger partial charge is 0.325 e. The normalized spacial score (nSPS) is 18.9. The van der Waals surface area contributed by atoms with E-state index in [9.17, 15) is 18.0 Å². The predicted octanol–water partition coefficient (Wildman–Crippen LogP) is 1.73. The van der Waals surface area contributed by atoms with Crippen molar-refractivity contribution < 1.29 is 22.7 Å². The number of esters is 1. The van der Waals surface area contributed by atoms with Crippen LogP contribution in [0.15, 0.2) is 17.1 Å². The molecule has 10 heteroatoms. The minimum Gasteiger partial charge on any atom is -0.468 e. The topological polar surface area (TPSA) is 98.0 Å². The Labute approximate surface area is 173 Å². The van der Waals surface area contributed by atoms with E-state index in [1.54, 1.807) is 4.57 Å². The van der Waals surface area contributed by atoms with E-state index in [2.05, 4.69) is 4.99 Å². The van der Waals surface area contributed by atoms with E-state index in [1.807, 2.05) is 26.0 Å². The molecule has 8 nitrogen and oxygen atoms in total. The molecule has 2 heterocycles. The van der Waals surface area contributed by atoms with Gasteiger partial charge in [-0.3, -0.25) is 9.59 Å². The van der Waals surface area contributed by atoms with E-state index in [0.717, 1.165) is 40.4 Å². The highest BCUT2D eigenvalue weighted by atomic mass is 32.2. The van der Waals surface area contributed by atoms with Crippen molar-refractivity contribution in [1.82, 2.24) is 8.87 Å². The van der Waals surface area contributed by atoms with E-state index in [-0.39, 0.29) is 6.54 Å². The first-order chi connectivity index (χ1) is 13.6. The molecule has 29 heavy (non-hydrogen) atoms. The molecule has 1 aliphatic rings. The number of aryl methyl sites for hydroxylation is 2. The number of hydrogen-bond acceptors (Lipinski definition) is 6. The molecule has 1 atom stereocenters. The molecule has 2 aromatic rings. The van der Waals surface area contributed by atoms with Gasteiger partial charge in [0.05, 0.1) is 23.6 Å². The zero-order valence-corrected chi connectivity index (χ0v) is 18.6. The van der Waals surface area contributed by atoms with Crippen LogP contribution in [-0.2, 0) is 30.9 Å². The van der Waals surface area contributed by atoms with Gasteiger partial charge in [0.1, 0.15) is 12.6 Å². The zero-order chi connectivity index (χ0) is 21.3. The van der Waals surface area contributed by atoms with Gasteiger partial charge in [-0.1, -0.05) is 23.8 Å². The highest BCUT2D eigenvalue weighted by molar-refractivity contribution is 7.88. The molecular weight excluding hydrogens is 414 g/mol. The first-order valence-corrected chi connectivity index (χ1v) is 12.0. The predicted molar refractivity (Wildman–Crippen MR) is 111 cm³/mol. The number of carbonyl (C=O) groups is 2. The van der Waals surface area contributed by atoms with Crippen molar-refractivity contribution in [2.75, 3.05) is 19.9 Å². The monoisotopic (exact) mass is 439 g/mol.